The fourth-order valence-corrected chi connectivity index (χ4v) is 4.76. The van der Waals surface area contributed by atoms with Crippen molar-refractivity contribution in [3.05, 3.63) is 23.7 Å². The molecule has 28 heavy (non-hydrogen) atoms. The maximum atomic E-state index is 12.7. The molecular weight excluding hydrogens is 374 g/mol. The Morgan fingerprint density at radius 1 is 1.14 bits per heavy atom. The van der Waals surface area contributed by atoms with Crippen LogP contribution in [0.1, 0.15) is 37.9 Å². The lowest BCUT2D eigenvalue weighted by molar-refractivity contribution is -0.120. The number of imidazole rings is 1. The summed E-state index contributed by atoms with van der Waals surface area (Å²) in [7, 11) is 0. The zero-order chi connectivity index (χ0) is 18.9. The first-order chi connectivity index (χ1) is 13.8. The summed E-state index contributed by atoms with van der Waals surface area (Å²) in [4.78, 5) is 33.0. The average Bonchev–Trinajstić information content (AvgIpc) is 3.29. The van der Waals surface area contributed by atoms with E-state index in [2.05, 4.69) is 29.7 Å². The Kier molecular flexibility index (Phi) is 4.67. The fourth-order valence-electron chi connectivity index (χ4n) is 4.23. The van der Waals surface area contributed by atoms with Gasteiger partial charge in [-0.25, -0.2) is 19.9 Å². The van der Waals surface area contributed by atoms with E-state index in [9.17, 15) is 4.79 Å². The highest BCUT2D eigenvalue weighted by Crippen LogP contribution is 2.29. The Morgan fingerprint density at radius 2 is 2.11 bits per heavy atom. The van der Waals surface area contributed by atoms with Crippen LogP contribution in [0.3, 0.4) is 0 Å². The third kappa shape index (κ3) is 3.23. The first-order valence-electron chi connectivity index (χ1n) is 9.95. The summed E-state index contributed by atoms with van der Waals surface area (Å²) in [6, 6.07) is 0. The lowest BCUT2D eigenvalue weighted by Crippen LogP contribution is -2.41. The molecule has 0 bridgehead atoms. The van der Waals surface area contributed by atoms with Crippen molar-refractivity contribution < 1.29 is 4.79 Å². The molecule has 1 atom stereocenters. The molecule has 0 unspecified atom stereocenters. The van der Waals surface area contributed by atoms with Gasteiger partial charge in [-0.1, -0.05) is 6.42 Å². The third-order valence-electron chi connectivity index (χ3n) is 5.63. The summed E-state index contributed by atoms with van der Waals surface area (Å²) in [5.74, 6) is 1.93. The molecule has 5 rings (SSSR count). The van der Waals surface area contributed by atoms with Gasteiger partial charge < -0.3 is 14.8 Å². The van der Waals surface area contributed by atoms with Crippen molar-refractivity contribution in [1.29, 1.82) is 0 Å². The molecule has 8 nitrogen and oxygen atoms in total. The summed E-state index contributed by atoms with van der Waals surface area (Å²) in [6.45, 7) is 2.50. The van der Waals surface area contributed by atoms with E-state index in [0.29, 0.717) is 11.7 Å². The number of piperidine rings is 1. The van der Waals surface area contributed by atoms with E-state index in [-0.39, 0.29) is 11.8 Å². The number of carbonyl (C=O) groups is 1. The van der Waals surface area contributed by atoms with Crippen molar-refractivity contribution in [3.63, 3.8) is 0 Å². The zero-order valence-electron chi connectivity index (χ0n) is 15.7. The first kappa shape index (κ1) is 17.5. The molecular formula is C19H23N7OS. The molecule has 1 N–H and O–H groups in total. The molecule has 9 heteroatoms. The van der Waals surface area contributed by atoms with Crippen LogP contribution in [0.15, 0.2) is 17.9 Å². The highest BCUT2D eigenvalue weighted by atomic mass is 32.1. The van der Waals surface area contributed by atoms with E-state index in [4.69, 9.17) is 4.98 Å². The van der Waals surface area contributed by atoms with Gasteiger partial charge in [0.2, 0.25) is 5.91 Å². The Morgan fingerprint density at radius 3 is 3.00 bits per heavy atom. The van der Waals surface area contributed by atoms with Crippen LogP contribution in [-0.2, 0) is 17.8 Å². The van der Waals surface area contributed by atoms with Crippen LogP contribution in [0.25, 0.3) is 11.2 Å². The van der Waals surface area contributed by atoms with E-state index in [1.54, 1.807) is 12.5 Å². The number of nitrogens with zero attached hydrogens (tertiary/aromatic N) is 6. The second kappa shape index (κ2) is 7.46. The molecule has 0 saturated carbocycles. The molecule has 1 saturated heterocycles. The second-order valence-corrected chi connectivity index (χ2v) is 8.37. The van der Waals surface area contributed by atoms with Gasteiger partial charge in [-0.2, -0.15) is 0 Å². The number of carbonyl (C=O) groups excluding carboxylic acids is 1. The van der Waals surface area contributed by atoms with Gasteiger partial charge in [-0.3, -0.25) is 4.79 Å². The number of aromatic nitrogens is 5. The number of anilines is 2. The van der Waals surface area contributed by atoms with E-state index in [1.165, 1.54) is 30.6 Å². The van der Waals surface area contributed by atoms with Crippen molar-refractivity contribution in [1.82, 2.24) is 24.5 Å². The molecule has 1 fully saturated rings. The molecule has 0 aromatic carbocycles. The second-order valence-electron chi connectivity index (χ2n) is 7.47. The Hall–Kier alpha value is -2.55. The number of aryl methyl sites for hydroxylation is 2. The average molecular weight is 398 g/mol. The van der Waals surface area contributed by atoms with E-state index in [0.717, 1.165) is 55.2 Å². The van der Waals surface area contributed by atoms with Crippen molar-refractivity contribution in [3.8, 4) is 0 Å². The summed E-state index contributed by atoms with van der Waals surface area (Å²) in [6.07, 6.45) is 9.75. The van der Waals surface area contributed by atoms with Crippen molar-refractivity contribution >= 4 is 39.4 Å². The molecule has 1 amide bonds. The molecule has 0 aliphatic carbocycles. The molecule has 2 aliphatic rings. The monoisotopic (exact) mass is 397 g/mol. The minimum atomic E-state index is -0.0805. The fraction of sp³-hybridized carbons (Fsp3) is 0.526. The summed E-state index contributed by atoms with van der Waals surface area (Å²) in [5, 5.41) is 5.46. The van der Waals surface area contributed by atoms with Gasteiger partial charge in [0.15, 0.2) is 22.1 Å². The Labute approximate surface area is 167 Å². The van der Waals surface area contributed by atoms with Gasteiger partial charge in [-0.15, -0.1) is 11.3 Å². The summed E-state index contributed by atoms with van der Waals surface area (Å²) >= 11 is 1.44. The normalized spacial score (nSPS) is 20.0. The largest absolute Gasteiger partial charge is 0.354 e. The minimum absolute atomic E-state index is 0.0329. The van der Waals surface area contributed by atoms with Gasteiger partial charge in [0.1, 0.15) is 12.2 Å². The molecule has 0 radical (unpaired) electrons. The lowest BCUT2D eigenvalue weighted by atomic mass is 9.97. The number of hydrogen-bond donors (Lipinski definition) is 1. The SMILES string of the molecule is O=C(Nc1nccs1)[C@H]1CCCN(c2ncnc3c2nc2n3CCCCC2)C1. The summed E-state index contributed by atoms with van der Waals surface area (Å²) in [5.41, 5.74) is 1.80. The van der Waals surface area contributed by atoms with Crippen LogP contribution < -0.4 is 10.2 Å². The number of amides is 1. The lowest BCUT2D eigenvalue weighted by Gasteiger charge is -2.32. The number of rotatable bonds is 3. The van der Waals surface area contributed by atoms with Gasteiger partial charge in [-0.05, 0) is 25.7 Å². The topological polar surface area (TPSA) is 88.8 Å². The van der Waals surface area contributed by atoms with Crippen molar-refractivity contribution in [2.45, 2.75) is 45.1 Å². The smallest absolute Gasteiger partial charge is 0.231 e. The van der Waals surface area contributed by atoms with Crippen LogP contribution in [0.5, 0.6) is 0 Å². The predicted octanol–water partition coefficient (Wildman–Crippen LogP) is 2.86. The molecule has 2 aliphatic heterocycles. The van der Waals surface area contributed by atoms with Gasteiger partial charge >= 0.3 is 0 Å². The zero-order valence-corrected chi connectivity index (χ0v) is 16.5. The number of fused-ring (bicyclic) bond motifs is 3. The number of hydrogen-bond acceptors (Lipinski definition) is 7. The quantitative estimate of drug-likeness (QED) is 0.731. The van der Waals surface area contributed by atoms with E-state index < -0.39 is 0 Å². The predicted molar refractivity (Wildman–Crippen MR) is 109 cm³/mol. The summed E-state index contributed by atoms with van der Waals surface area (Å²) < 4.78 is 2.25. The van der Waals surface area contributed by atoms with Gasteiger partial charge in [0.25, 0.3) is 0 Å². The van der Waals surface area contributed by atoms with Crippen LogP contribution in [-0.4, -0.2) is 43.5 Å². The highest BCUT2D eigenvalue weighted by Gasteiger charge is 2.29. The van der Waals surface area contributed by atoms with E-state index in [1.807, 2.05) is 5.38 Å². The maximum absolute atomic E-state index is 12.7. The van der Waals surface area contributed by atoms with Gasteiger partial charge in [0, 0.05) is 37.6 Å². The first-order valence-corrected chi connectivity index (χ1v) is 10.8. The Balaban J connectivity index is 1.41. The van der Waals surface area contributed by atoms with Crippen LogP contribution >= 0.6 is 11.3 Å². The standard InChI is InChI=1S/C19H23N7OS/c27-18(24-19-20-7-10-28-19)13-5-4-8-25(11-13)16-15-17(22-12-21-16)26-9-3-1-2-6-14(26)23-15/h7,10,12-13H,1-6,8-9,11H2,(H,20,24,27)/t13-/m0/s1. The molecule has 0 spiro atoms. The van der Waals surface area contributed by atoms with Crippen molar-refractivity contribution in [2.75, 3.05) is 23.3 Å². The molecule has 5 heterocycles. The van der Waals surface area contributed by atoms with Crippen LogP contribution in [0, 0.1) is 5.92 Å². The highest BCUT2D eigenvalue weighted by molar-refractivity contribution is 7.13. The van der Waals surface area contributed by atoms with Gasteiger partial charge in [0.05, 0.1) is 5.92 Å². The number of thiazole rings is 1. The molecule has 3 aromatic heterocycles. The van der Waals surface area contributed by atoms with Crippen LogP contribution in [0.4, 0.5) is 10.9 Å². The van der Waals surface area contributed by atoms with Crippen LogP contribution in [0.2, 0.25) is 0 Å². The molecule has 3 aromatic rings. The number of nitrogens with one attached hydrogen (secondary N) is 1. The minimum Gasteiger partial charge on any atom is -0.354 e. The maximum Gasteiger partial charge on any atom is 0.231 e. The van der Waals surface area contributed by atoms with Crippen molar-refractivity contribution in [2.24, 2.45) is 5.92 Å². The van der Waals surface area contributed by atoms with E-state index >= 15 is 0 Å². The Bertz CT molecular complexity index is 984. The third-order valence-corrected chi connectivity index (χ3v) is 6.32. The molecule has 146 valence electrons.